The molecule has 178 valence electrons. The van der Waals surface area contributed by atoms with E-state index in [1.165, 1.54) is 0 Å². The molecule has 0 fully saturated rings. The molecule has 0 unspecified atom stereocenters. The van der Waals surface area contributed by atoms with Gasteiger partial charge in [0.25, 0.3) is 0 Å². The predicted molar refractivity (Wildman–Crippen MR) is 131 cm³/mol. The second kappa shape index (κ2) is 11.2. The van der Waals surface area contributed by atoms with Crippen molar-refractivity contribution in [3.8, 4) is 0 Å². The lowest BCUT2D eigenvalue weighted by atomic mass is 9.80. The van der Waals surface area contributed by atoms with Crippen LogP contribution in [0.2, 0.25) is 0 Å². The molecule has 0 saturated carbocycles. The van der Waals surface area contributed by atoms with E-state index in [-0.39, 0.29) is 19.4 Å². The molecule has 0 aliphatic rings. The van der Waals surface area contributed by atoms with Crippen LogP contribution >= 0.6 is 0 Å². The molecule has 0 heterocycles. The van der Waals surface area contributed by atoms with Crippen molar-refractivity contribution in [1.82, 2.24) is 0 Å². The summed E-state index contributed by atoms with van der Waals surface area (Å²) in [7, 11) is 0. The first-order chi connectivity index (χ1) is 16.2. The standard InChI is InChI=1S/C29H32O5/c1-28(2,3)34-27(32)20-25(30)19-26(31)21-33-29(22-13-7-4-8-14-22,23-15-9-5-10-16-23)24-17-11-6-12-18-24/h4-18,26,31H,19-21H2,1-3H3/t26-/m0/s1. The Kier molecular flexibility index (Phi) is 8.37. The number of carbonyl (C=O) groups excluding carboxylic acids is 2. The van der Waals surface area contributed by atoms with Gasteiger partial charge in [-0.3, -0.25) is 9.59 Å². The van der Waals surface area contributed by atoms with Gasteiger partial charge in [0.1, 0.15) is 23.4 Å². The molecule has 0 saturated heterocycles. The van der Waals surface area contributed by atoms with Crippen LogP contribution in [-0.4, -0.2) is 35.2 Å². The Morgan fingerprint density at radius 1 is 0.765 bits per heavy atom. The lowest BCUT2D eigenvalue weighted by Gasteiger charge is -2.36. The summed E-state index contributed by atoms with van der Waals surface area (Å²) in [6, 6.07) is 29.4. The van der Waals surface area contributed by atoms with Gasteiger partial charge in [0.2, 0.25) is 0 Å². The Morgan fingerprint density at radius 3 is 1.56 bits per heavy atom. The number of rotatable bonds is 10. The zero-order valence-electron chi connectivity index (χ0n) is 19.9. The van der Waals surface area contributed by atoms with E-state index < -0.39 is 29.1 Å². The number of carbonyl (C=O) groups is 2. The topological polar surface area (TPSA) is 72.8 Å². The van der Waals surface area contributed by atoms with E-state index in [1.54, 1.807) is 20.8 Å². The maximum atomic E-state index is 12.4. The van der Waals surface area contributed by atoms with Crippen LogP contribution < -0.4 is 0 Å². The number of esters is 1. The summed E-state index contributed by atoms with van der Waals surface area (Å²) in [6.45, 7) is 5.13. The van der Waals surface area contributed by atoms with Crippen molar-refractivity contribution in [2.45, 2.75) is 50.9 Å². The highest BCUT2D eigenvalue weighted by Crippen LogP contribution is 2.40. The normalized spacial score (nSPS) is 12.7. The molecule has 34 heavy (non-hydrogen) atoms. The zero-order valence-corrected chi connectivity index (χ0v) is 19.9. The molecule has 3 aromatic carbocycles. The van der Waals surface area contributed by atoms with Crippen LogP contribution in [0.5, 0.6) is 0 Å². The molecule has 3 aromatic rings. The molecule has 0 bridgehead atoms. The number of aliphatic hydroxyl groups is 1. The first-order valence-electron chi connectivity index (χ1n) is 11.4. The van der Waals surface area contributed by atoms with Crippen molar-refractivity contribution >= 4 is 11.8 Å². The number of benzene rings is 3. The van der Waals surface area contributed by atoms with Crippen LogP contribution in [0, 0.1) is 0 Å². The van der Waals surface area contributed by atoms with Gasteiger partial charge in [0.15, 0.2) is 0 Å². The molecule has 3 rings (SSSR count). The summed E-state index contributed by atoms with van der Waals surface area (Å²) in [5.74, 6) is -0.993. The Bertz CT molecular complexity index is 959. The van der Waals surface area contributed by atoms with Gasteiger partial charge in [-0.05, 0) is 37.5 Å². The largest absolute Gasteiger partial charge is 0.460 e. The number of Topliss-reactive ketones (excluding diaryl/α,β-unsaturated/α-hetero) is 1. The third-order valence-corrected chi connectivity index (χ3v) is 5.26. The van der Waals surface area contributed by atoms with Gasteiger partial charge < -0.3 is 14.6 Å². The Balaban J connectivity index is 1.84. The average molecular weight is 461 g/mol. The number of ether oxygens (including phenoxy) is 2. The molecule has 5 nitrogen and oxygen atoms in total. The number of ketones is 1. The SMILES string of the molecule is CC(C)(C)OC(=O)CC(=O)C[C@H](O)COC(c1ccccc1)(c1ccccc1)c1ccccc1. The Labute approximate surface area is 201 Å². The molecular formula is C29H32O5. The fraction of sp³-hybridized carbons (Fsp3) is 0.310. The monoisotopic (exact) mass is 460 g/mol. The fourth-order valence-corrected chi connectivity index (χ4v) is 3.92. The number of hydrogen-bond donors (Lipinski definition) is 1. The average Bonchev–Trinajstić information content (AvgIpc) is 2.80. The highest BCUT2D eigenvalue weighted by molar-refractivity contribution is 5.95. The van der Waals surface area contributed by atoms with Gasteiger partial charge in [0.05, 0.1) is 12.7 Å². The van der Waals surface area contributed by atoms with Gasteiger partial charge in [-0.1, -0.05) is 91.0 Å². The first-order valence-corrected chi connectivity index (χ1v) is 11.4. The summed E-state index contributed by atoms with van der Waals surface area (Å²) < 4.78 is 11.7. The summed E-state index contributed by atoms with van der Waals surface area (Å²) in [6.07, 6.45) is -1.66. The maximum absolute atomic E-state index is 12.4. The molecule has 1 N–H and O–H groups in total. The van der Waals surface area contributed by atoms with E-state index >= 15 is 0 Å². The Morgan fingerprint density at radius 2 is 1.18 bits per heavy atom. The third-order valence-electron chi connectivity index (χ3n) is 5.26. The first kappa shape index (κ1) is 25.3. The molecule has 0 aromatic heterocycles. The van der Waals surface area contributed by atoms with Crippen molar-refractivity contribution in [3.63, 3.8) is 0 Å². The van der Waals surface area contributed by atoms with Crippen LogP contribution in [0.3, 0.4) is 0 Å². The van der Waals surface area contributed by atoms with Gasteiger partial charge in [-0.25, -0.2) is 0 Å². The van der Waals surface area contributed by atoms with E-state index in [1.807, 2.05) is 91.0 Å². The van der Waals surface area contributed by atoms with Gasteiger partial charge in [0, 0.05) is 6.42 Å². The lowest BCUT2D eigenvalue weighted by Crippen LogP contribution is -2.36. The van der Waals surface area contributed by atoms with E-state index in [4.69, 9.17) is 9.47 Å². The van der Waals surface area contributed by atoms with Gasteiger partial charge in [-0.2, -0.15) is 0 Å². The Hall–Kier alpha value is -3.28. The van der Waals surface area contributed by atoms with E-state index in [2.05, 4.69) is 0 Å². The molecule has 0 aliphatic heterocycles. The lowest BCUT2D eigenvalue weighted by molar-refractivity contribution is -0.156. The van der Waals surface area contributed by atoms with Crippen LogP contribution in [-0.2, 0) is 24.7 Å². The minimum Gasteiger partial charge on any atom is -0.460 e. The molecule has 1 atom stereocenters. The van der Waals surface area contributed by atoms with Crippen molar-refractivity contribution in [1.29, 1.82) is 0 Å². The quantitative estimate of drug-likeness (QED) is 0.260. The van der Waals surface area contributed by atoms with E-state index in [0.717, 1.165) is 16.7 Å². The maximum Gasteiger partial charge on any atom is 0.313 e. The number of hydrogen-bond acceptors (Lipinski definition) is 5. The molecule has 0 aliphatic carbocycles. The van der Waals surface area contributed by atoms with Crippen LogP contribution in [0.4, 0.5) is 0 Å². The van der Waals surface area contributed by atoms with Crippen molar-refractivity contribution in [3.05, 3.63) is 108 Å². The molecular weight excluding hydrogens is 428 g/mol. The molecule has 5 heteroatoms. The van der Waals surface area contributed by atoms with E-state index in [9.17, 15) is 14.7 Å². The number of aliphatic hydroxyl groups excluding tert-OH is 1. The fourth-order valence-electron chi connectivity index (χ4n) is 3.92. The minimum absolute atomic E-state index is 0.0985. The van der Waals surface area contributed by atoms with Gasteiger partial charge in [-0.15, -0.1) is 0 Å². The smallest absolute Gasteiger partial charge is 0.313 e. The zero-order chi connectivity index (χ0) is 24.6. The van der Waals surface area contributed by atoms with Gasteiger partial charge >= 0.3 is 5.97 Å². The molecule has 0 spiro atoms. The summed E-state index contributed by atoms with van der Waals surface area (Å²) in [5, 5.41) is 10.7. The second-order valence-corrected chi connectivity index (χ2v) is 9.25. The van der Waals surface area contributed by atoms with Crippen LogP contribution in [0.1, 0.15) is 50.3 Å². The predicted octanol–water partition coefficient (Wildman–Crippen LogP) is 5.05. The highest BCUT2D eigenvalue weighted by Gasteiger charge is 2.38. The van der Waals surface area contributed by atoms with Crippen molar-refractivity contribution < 1.29 is 24.2 Å². The molecule has 0 radical (unpaired) electrons. The van der Waals surface area contributed by atoms with Crippen LogP contribution in [0.15, 0.2) is 91.0 Å². The summed E-state index contributed by atoms with van der Waals surface area (Å²) in [5.41, 5.74) is 1.05. The minimum atomic E-state index is -1.08. The summed E-state index contributed by atoms with van der Waals surface area (Å²) >= 11 is 0. The third kappa shape index (κ3) is 6.62. The van der Waals surface area contributed by atoms with Crippen LogP contribution in [0.25, 0.3) is 0 Å². The highest BCUT2D eigenvalue weighted by atomic mass is 16.6. The molecule has 0 amide bonds. The second-order valence-electron chi connectivity index (χ2n) is 9.25. The summed E-state index contributed by atoms with van der Waals surface area (Å²) in [4.78, 5) is 24.3. The van der Waals surface area contributed by atoms with Crippen molar-refractivity contribution in [2.75, 3.05) is 6.61 Å². The van der Waals surface area contributed by atoms with E-state index in [0.29, 0.717) is 0 Å². The van der Waals surface area contributed by atoms with Crippen molar-refractivity contribution in [2.24, 2.45) is 0 Å².